The van der Waals surface area contributed by atoms with Gasteiger partial charge in [0.05, 0.1) is 11.9 Å². The first-order valence-corrected chi connectivity index (χ1v) is 4.87. The summed E-state index contributed by atoms with van der Waals surface area (Å²) in [4.78, 5) is 3.99. The number of aromatic nitrogens is 2. The summed E-state index contributed by atoms with van der Waals surface area (Å²) in [5.74, 6) is 0.748. The fraction of sp³-hybridized carbons (Fsp3) is 0.182. The summed E-state index contributed by atoms with van der Waals surface area (Å²) in [6.45, 7) is 2.85. The maximum absolute atomic E-state index is 9.35. The van der Waals surface area contributed by atoms with Crippen molar-refractivity contribution in [2.45, 2.75) is 13.5 Å². The van der Waals surface area contributed by atoms with Crippen LogP contribution in [0, 0.1) is 6.92 Å². The van der Waals surface area contributed by atoms with Gasteiger partial charge in [0, 0.05) is 6.54 Å². The van der Waals surface area contributed by atoms with Crippen LogP contribution in [-0.4, -0.2) is 14.7 Å². The number of anilines is 1. The zero-order valence-electron chi connectivity index (χ0n) is 8.36. The number of nitrogens with zero attached hydrogens (tertiary/aromatic N) is 2. The summed E-state index contributed by atoms with van der Waals surface area (Å²) in [5, 5.41) is 12.5. The van der Waals surface area contributed by atoms with Gasteiger partial charge in [-0.25, -0.2) is 0 Å². The molecule has 0 aliphatic carbocycles. The number of nitrogens with one attached hydrogen (secondary N) is 1. The molecule has 1 aromatic carbocycles. The Morgan fingerprint density at radius 1 is 1.47 bits per heavy atom. The standard InChI is InChI=1S/C11H11N3O/c1-7-3-2-4-9-8(7)5-12-11-13-10(15)6-14(9)11/h2-4,6,15H,5H2,1H3,(H,12,13). The van der Waals surface area contributed by atoms with E-state index in [1.807, 2.05) is 16.7 Å². The molecule has 15 heavy (non-hydrogen) atoms. The van der Waals surface area contributed by atoms with Crippen LogP contribution in [0.4, 0.5) is 5.95 Å². The molecule has 0 radical (unpaired) electrons. The van der Waals surface area contributed by atoms with Gasteiger partial charge in [-0.3, -0.25) is 4.57 Å². The molecule has 0 atom stereocenters. The lowest BCUT2D eigenvalue weighted by Crippen LogP contribution is -2.15. The van der Waals surface area contributed by atoms with Crippen molar-refractivity contribution in [3.8, 4) is 11.6 Å². The number of aromatic hydroxyl groups is 1. The predicted octanol–water partition coefficient (Wildman–Crippen LogP) is 1.81. The Hall–Kier alpha value is -1.97. The Bertz CT molecular complexity index is 531. The number of benzene rings is 1. The Morgan fingerprint density at radius 3 is 3.20 bits per heavy atom. The van der Waals surface area contributed by atoms with Crippen molar-refractivity contribution in [2.75, 3.05) is 5.32 Å². The van der Waals surface area contributed by atoms with Crippen molar-refractivity contribution in [1.82, 2.24) is 9.55 Å². The van der Waals surface area contributed by atoms with Gasteiger partial charge >= 0.3 is 0 Å². The molecule has 0 saturated heterocycles. The maximum atomic E-state index is 9.35. The van der Waals surface area contributed by atoms with Gasteiger partial charge in [-0.1, -0.05) is 12.1 Å². The molecule has 3 rings (SSSR count). The molecule has 0 amide bonds. The van der Waals surface area contributed by atoms with Crippen molar-refractivity contribution in [3.63, 3.8) is 0 Å². The quantitative estimate of drug-likeness (QED) is 0.683. The fourth-order valence-electron chi connectivity index (χ4n) is 1.99. The second-order valence-electron chi connectivity index (χ2n) is 3.72. The first kappa shape index (κ1) is 8.35. The van der Waals surface area contributed by atoms with Gasteiger partial charge in [0.25, 0.3) is 0 Å². The minimum Gasteiger partial charge on any atom is -0.492 e. The summed E-state index contributed by atoms with van der Waals surface area (Å²) in [6.07, 6.45) is 1.62. The molecule has 4 nitrogen and oxygen atoms in total. The van der Waals surface area contributed by atoms with Gasteiger partial charge in [-0.15, -0.1) is 0 Å². The average Bonchev–Trinajstić information content (AvgIpc) is 2.59. The normalized spacial score (nSPS) is 12.9. The monoisotopic (exact) mass is 201 g/mol. The van der Waals surface area contributed by atoms with E-state index in [9.17, 15) is 5.11 Å². The van der Waals surface area contributed by atoms with Crippen molar-refractivity contribution < 1.29 is 5.11 Å². The molecule has 1 aliphatic rings. The summed E-state index contributed by atoms with van der Waals surface area (Å²) >= 11 is 0. The SMILES string of the molecule is Cc1cccc2c1CNc1nc(O)cn1-2. The second-order valence-corrected chi connectivity index (χ2v) is 3.72. The molecule has 1 aliphatic heterocycles. The minimum absolute atomic E-state index is 0.0480. The third-order valence-electron chi connectivity index (χ3n) is 2.76. The molecular formula is C11H11N3O. The van der Waals surface area contributed by atoms with Crippen molar-refractivity contribution in [1.29, 1.82) is 0 Å². The van der Waals surface area contributed by atoms with E-state index in [0.717, 1.165) is 12.2 Å². The Balaban J connectivity index is 2.29. The maximum Gasteiger partial charge on any atom is 0.231 e. The molecule has 0 saturated carbocycles. The molecule has 0 bridgehead atoms. The highest BCUT2D eigenvalue weighted by Crippen LogP contribution is 2.29. The van der Waals surface area contributed by atoms with Crippen LogP contribution >= 0.6 is 0 Å². The van der Waals surface area contributed by atoms with Crippen LogP contribution in [0.5, 0.6) is 5.88 Å². The number of hydrogen-bond acceptors (Lipinski definition) is 3. The number of rotatable bonds is 0. The third kappa shape index (κ3) is 1.11. The summed E-state index contributed by atoms with van der Waals surface area (Å²) in [6, 6.07) is 6.14. The first-order valence-electron chi connectivity index (χ1n) is 4.87. The van der Waals surface area contributed by atoms with E-state index in [-0.39, 0.29) is 5.88 Å². The predicted molar refractivity (Wildman–Crippen MR) is 57.3 cm³/mol. The van der Waals surface area contributed by atoms with E-state index in [1.54, 1.807) is 6.20 Å². The van der Waals surface area contributed by atoms with Crippen molar-refractivity contribution in [2.24, 2.45) is 0 Å². The molecule has 0 spiro atoms. The fourth-order valence-corrected chi connectivity index (χ4v) is 1.99. The smallest absolute Gasteiger partial charge is 0.231 e. The van der Waals surface area contributed by atoms with Gasteiger partial charge in [0.15, 0.2) is 0 Å². The molecule has 4 heteroatoms. The largest absolute Gasteiger partial charge is 0.492 e. The lowest BCUT2D eigenvalue weighted by molar-refractivity contribution is 0.456. The summed E-state index contributed by atoms with van der Waals surface area (Å²) in [7, 11) is 0. The number of aryl methyl sites for hydroxylation is 1. The zero-order valence-corrected chi connectivity index (χ0v) is 8.36. The van der Waals surface area contributed by atoms with Crippen molar-refractivity contribution in [3.05, 3.63) is 35.5 Å². The van der Waals surface area contributed by atoms with E-state index in [1.165, 1.54) is 11.1 Å². The van der Waals surface area contributed by atoms with E-state index in [0.29, 0.717) is 5.95 Å². The first-order chi connectivity index (χ1) is 7.25. The van der Waals surface area contributed by atoms with E-state index in [4.69, 9.17) is 0 Å². The van der Waals surface area contributed by atoms with Crippen LogP contribution in [0.1, 0.15) is 11.1 Å². The molecule has 0 fully saturated rings. The zero-order chi connectivity index (χ0) is 10.4. The number of fused-ring (bicyclic) bond motifs is 3. The Kier molecular flexibility index (Phi) is 1.54. The van der Waals surface area contributed by atoms with Crippen LogP contribution < -0.4 is 5.32 Å². The summed E-state index contributed by atoms with van der Waals surface area (Å²) in [5.41, 5.74) is 3.60. The molecule has 1 aromatic heterocycles. The van der Waals surface area contributed by atoms with Crippen LogP contribution in [0.2, 0.25) is 0 Å². The van der Waals surface area contributed by atoms with E-state index in [2.05, 4.69) is 23.3 Å². The molecule has 2 heterocycles. The van der Waals surface area contributed by atoms with E-state index < -0.39 is 0 Å². The van der Waals surface area contributed by atoms with Gasteiger partial charge in [0.1, 0.15) is 0 Å². The van der Waals surface area contributed by atoms with E-state index >= 15 is 0 Å². The molecular weight excluding hydrogens is 190 g/mol. The topological polar surface area (TPSA) is 50.1 Å². The van der Waals surface area contributed by atoms with Gasteiger partial charge in [-0.2, -0.15) is 4.98 Å². The molecule has 0 unspecified atom stereocenters. The minimum atomic E-state index is 0.0480. The number of imidazole rings is 1. The second kappa shape index (κ2) is 2.76. The van der Waals surface area contributed by atoms with Crippen LogP contribution in [-0.2, 0) is 6.54 Å². The Morgan fingerprint density at radius 2 is 2.33 bits per heavy atom. The van der Waals surface area contributed by atoms with Crippen LogP contribution in [0.25, 0.3) is 5.69 Å². The Labute approximate surface area is 87.2 Å². The van der Waals surface area contributed by atoms with Crippen molar-refractivity contribution >= 4 is 5.95 Å². The summed E-state index contributed by atoms with van der Waals surface area (Å²) < 4.78 is 1.88. The van der Waals surface area contributed by atoms with Crippen LogP contribution in [0.15, 0.2) is 24.4 Å². The average molecular weight is 201 g/mol. The molecule has 2 aromatic rings. The van der Waals surface area contributed by atoms with Gasteiger partial charge in [-0.05, 0) is 24.1 Å². The third-order valence-corrected chi connectivity index (χ3v) is 2.76. The van der Waals surface area contributed by atoms with Crippen LogP contribution in [0.3, 0.4) is 0 Å². The van der Waals surface area contributed by atoms with Gasteiger partial charge < -0.3 is 10.4 Å². The number of hydrogen-bond donors (Lipinski definition) is 2. The lowest BCUT2D eigenvalue weighted by Gasteiger charge is -2.20. The molecule has 2 N–H and O–H groups in total. The van der Waals surface area contributed by atoms with Gasteiger partial charge in [0.2, 0.25) is 11.8 Å². The highest BCUT2D eigenvalue weighted by Gasteiger charge is 2.18. The highest BCUT2D eigenvalue weighted by atomic mass is 16.3. The lowest BCUT2D eigenvalue weighted by atomic mass is 10.1. The molecule has 76 valence electrons. The highest BCUT2D eigenvalue weighted by molar-refractivity contribution is 5.56.